The van der Waals surface area contributed by atoms with Crippen molar-refractivity contribution in [1.82, 2.24) is 0 Å². The molecule has 0 amide bonds. The number of benzene rings is 1. The van der Waals surface area contributed by atoms with Crippen LogP contribution in [0.5, 0.6) is 0 Å². The van der Waals surface area contributed by atoms with E-state index in [1.165, 1.54) is 10.4 Å². The lowest BCUT2D eigenvalue weighted by molar-refractivity contribution is 0.166. The van der Waals surface area contributed by atoms with E-state index in [-0.39, 0.29) is 10.8 Å². The highest BCUT2D eigenvalue weighted by atomic mass is 35.5. The third-order valence-electron chi connectivity index (χ3n) is 3.58. The Morgan fingerprint density at radius 3 is 2.76 bits per heavy atom. The van der Waals surface area contributed by atoms with Crippen molar-refractivity contribution < 1.29 is 13.5 Å². The van der Waals surface area contributed by atoms with E-state index in [4.69, 9.17) is 11.6 Å². The fourth-order valence-corrected chi connectivity index (χ4v) is 5.75. The van der Waals surface area contributed by atoms with Crippen LogP contribution in [0.1, 0.15) is 23.7 Å². The molecule has 4 nitrogen and oxygen atoms in total. The molecule has 1 aliphatic rings. The first-order chi connectivity index (χ1) is 9.91. The summed E-state index contributed by atoms with van der Waals surface area (Å²) in [6.07, 6.45) is -0.243. The molecule has 112 valence electrons. The number of aliphatic hydroxyl groups excluding tert-OH is 1. The number of rotatable bonds is 2. The molecular formula is C14H14ClNO3S2. The number of para-hydroxylation sites is 1. The zero-order valence-electron chi connectivity index (χ0n) is 11.3. The molecule has 2 aromatic rings. The first kappa shape index (κ1) is 14.8. The number of anilines is 1. The van der Waals surface area contributed by atoms with Crippen LogP contribution in [0, 0.1) is 6.92 Å². The molecule has 0 spiro atoms. The Labute approximate surface area is 132 Å². The van der Waals surface area contributed by atoms with Crippen LogP contribution < -0.4 is 4.31 Å². The lowest BCUT2D eigenvalue weighted by atomic mass is 9.98. The average Bonchev–Trinajstić information content (AvgIpc) is 2.87. The molecule has 2 heterocycles. The van der Waals surface area contributed by atoms with Gasteiger partial charge in [0, 0.05) is 12.1 Å². The molecule has 1 atom stereocenters. The smallest absolute Gasteiger partial charge is 0.273 e. The van der Waals surface area contributed by atoms with Gasteiger partial charge < -0.3 is 5.11 Å². The van der Waals surface area contributed by atoms with Gasteiger partial charge in [-0.3, -0.25) is 4.31 Å². The van der Waals surface area contributed by atoms with E-state index in [0.29, 0.717) is 22.0 Å². The normalized spacial score (nSPS) is 18.6. The highest BCUT2D eigenvalue weighted by Gasteiger charge is 2.34. The van der Waals surface area contributed by atoms with E-state index in [2.05, 4.69) is 0 Å². The Morgan fingerprint density at radius 2 is 2.10 bits per heavy atom. The van der Waals surface area contributed by atoms with E-state index in [0.717, 1.165) is 16.9 Å². The van der Waals surface area contributed by atoms with Crippen LogP contribution in [0.15, 0.2) is 34.5 Å². The number of sulfonamides is 1. The van der Waals surface area contributed by atoms with E-state index < -0.39 is 16.1 Å². The van der Waals surface area contributed by atoms with Gasteiger partial charge in [0.1, 0.15) is 4.21 Å². The maximum atomic E-state index is 12.8. The molecular weight excluding hydrogens is 330 g/mol. The van der Waals surface area contributed by atoms with Crippen molar-refractivity contribution in [1.29, 1.82) is 0 Å². The van der Waals surface area contributed by atoms with Crippen LogP contribution in [0.4, 0.5) is 5.69 Å². The van der Waals surface area contributed by atoms with E-state index in [1.807, 2.05) is 19.1 Å². The van der Waals surface area contributed by atoms with Crippen molar-refractivity contribution in [3.8, 4) is 0 Å². The van der Waals surface area contributed by atoms with Gasteiger partial charge in [0.05, 0.1) is 16.1 Å². The zero-order valence-corrected chi connectivity index (χ0v) is 13.7. The van der Waals surface area contributed by atoms with Crippen molar-refractivity contribution in [2.45, 2.75) is 23.7 Å². The highest BCUT2D eigenvalue weighted by Crippen LogP contribution is 2.40. The van der Waals surface area contributed by atoms with Crippen LogP contribution in [0.2, 0.25) is 4.34 Å². The molecule has 0 saturated carbocycles. The number of nitrogens with zero attached hydrogens (tertiary/aromatic N) is 1. The molecule has 0 radical (unpaired) electrons. The van der Waals surface area contributed by atoms with Crippen LogP contribution >= 0.6 is 22.9 Å². The number of fused-ring (bicyclic) bond motifs is 1. The second-order valence-electron chi connectivity index (χ2n) is 4.95. The summed E-state index contributed by atoms with van der Waals surface area (Å²) >= 11 is 6.90. The minimum absolute atomic E-state index is 0.220. The molecule has 1 N–H and O–H groups in total. The molecule has 3 rings (SSSR count). The predicted molar refractivity (Wildman–Crippen MR) is 84.6 cm³/mol. The monoisotopic (exact) mass is 343 g/mol. The van der Waals surface area contributed by atoms with Gasteiger partial charge in [0.2, 0.25) is 0 Å². The maximum absolute atomic E-state index is 12.8. The van der Waals surface area contributed by atoms with Crippen LogP contribution in [-0.4, -0.2) is 20.1 Å². The predicted octanol–water partition coefficient (Wildman–Crippen LogP) is 3.34. The molecule has 0 aliphatic carbocycles. The van der Waals surface area contributed by atoms with Gasteiger partial charge in [-0.2, -0.15) is 0 Å². The molecule has 0 saturated heterocycles. The number of hydrogen-bond donors (Lipinski definition) is 1. The Morgan fingerprint density at radius 1 is 1.33 bits per heavy atom. The fraction of sp³-hybridized carbons (Fsp3) is 0.286. The summed E-state index contributed by atoms with van der Waals surface area (Å²) in [6, 6.07) is 8.55. The lowest BCUT2D eigenvalue weighted by Gasteiger charge is -2.33. The molecule has 21 heavy (non-hydrogen) atoms. The van der Waals surface area contributed by atoms with Gasteiger partial charge in [0.25, 0.3) is 10.0 Å². The average molecular weight is 344 g/mol. The molecule has 0 bridgehead atoms. The summed E-state index contributed by atoms with van der Waals surface area (Å²) in [4.78, 5) is 0. The molecule has 1 aliphatic heterocycles. The van der Waals surface area contributed by atoms with Crippen LogP contribution in [0.3, 0.4) is 0 Å². The summed E-state index contributed by atoms with van der Waals surface area (Å²) in [5, 5.41) is 10.1. The van der Waals surface area contributed by atoms with Gasteiger partial charge in [-0.25, -0.2) is 8.42 Å². The number of aryl methyl sites for hydroxylation is 1. The first-order valence-electron chi connectivity index (χ1n) is 6.47. The Hall–Kier alpha value is -1.08. The standard InChI is InChI=1S/C14H14ClNO3S2/c1-9-3-2-4-10-11(17)7-8-16(14(9)10)21(18,19)13-6-5-12(15)20-13/h2-6,11,17H,7-8H2,1H3. The summed E-state index contributed by atoms with van der Waals surface area (Å²) < 4.78 is 27.7. The number of hydrogen-bond acceptors (Lipinski definition) is 4. The van der Waals surface area contributed by atoms with Crippen LogP contribution in [0.25, 0.3) is 0 Å². The van der Waals surface area contributed by atoms with Gasteiger partial charge in [-0.15, -0.1) is 11.3 Å². The minimum atomic E-state index is -3.64. The Balaban J connectivity index is 2.15. The largest absolute Gasteiger partial charge is 0.388 e. The third-order valence-corrected chi connectivity index (χ3v) is 7.07. The number of halogens is 1. The van der Waals surface area contributed by atoms with Gasteiger partial charge in [-0.05, 0) is 31.0 Å². The fourth-order valence-electron chi connectivity index (χ4n) is 2.58. The number of aliphatic hydroxyl groups is 1. The van der Waals surface area contributed by atoms with Crippen molar-refractivity contribution in [3.63, 3.8) is 0 Å². The third kappa shape index (κ3) is 2.46. The molecule has 1 unspecified atom stereocenters. The van der Waals surface area contributed by atoms with Gasteiger partial charge in [-0.1, -0.05) is 29.8 Å². The van der Waals surface area contributed by atoms with E-state index >= 15 is 0 Å². The quantitative estimate of drug-likeness (QED) is 0.909. The van der Waals surface area contributed by atoms with E-state index in [1.54, 1.807) is 12.1 Å². The van der Waals surface area contributed by atoms with Gasteiger partial charge in [0.15, 0.2) is 0 Å². The molecule has 7 heteroatoms. The lowest BCUT2D eigenvalue weighted by Crippen LogP contribution is -2.37. The first-order valence-corrected chi connectivity index (χ1v) is 9.10. The van der Waals surface area contributed by atoms with Crippen LogP contribution in [-0.2, 0) is 10.0 Å². The minimum Gasteiger partial charge on any atom is -0.388 e. The summed E-state index contributed by atoms with van der Waals surface area (Å²) in [5.41, 5.74) is 2.07. The second-order valence-corrected chi connectivity index (χ2v) is 8.76. The number of thiophene rings is 1. The zero-order chi connectivity index (χ0) is 15.2. The molecule has 1 aromatic heterocycles. The topological polar surface area (TPSA) is 57.6 Å². The van der Waals surface area contributed by atoms with Crippen molar-refractivity contribution in [3.05, 3.63) is 45.8 Å². The summed E-state index contributed by atoms with van der Waals surface area (Å²) in [7, 11) is -3.64. The molecule has 0 fully saturated rings. The highest BCUT2D eigenvalue weighted by molar-refractivity contribution is 7.94. The Kier molecular flexibility index (Phi) is 3.73. The van der Waals surface area contributed by atoms with Crippen molar-refractivity contribution in [2.75, 3.05) is 10.8 Å². The SMILES string of the molecule is Cc1cccc2c1N(S(=O)(=O)c1ccc(Cl)s1)CCC2O. The van der Waals surface area contributed by atoms with E-state index in [9.17, 15) is 13.5 Å². The van der Waals surface area contributed by atoms with Crippen molar-refractivity contribution >= 4 is 38.6 Å². The maximum Gasteiger partial charge on any atom is 0.273 e. The summed E-state index contributed by atoms with van der Waals surface area (Å²) in [6.45, 7) is 2.11. The van der Waals surface area contributed by atoms with Gasteiger partial charge >= 0.3 is 0 Å². The Bertz CT molecular complexity index is 785. The molecule has 1 aromatic carbocycles. The van der Waals surface area contributed by atoms with Crippen molar-refractivity contribution in [2.24, 2.45) is 0 Å². The second kappa shape index (κ2) is 5.28. The summed E-state index contributed by atoms with van der Waals surface area (Å²) in [5.74, 6) is 0.